The molecule has 0 atom stereocenters. The molecule has 3 aromatic carbocycles. The van der Waals surface area contributed by atoms with E-state index in [9.17, 15) is 14.9 Å². The van der Waals surface area contributed by atoms with Crippen molar-refractivity contribution in [3.8, 4) is 11.5 Å². The summed E-state index contributed by atoms with van der Waals surface area (Å²) >= 11 is 5.67. The highest BCUT2D eigenvalue weighted by Gasteiger charge is 2.24. The third kappa shape index (κ3) is 6.06. The second kappa shape index (κ2) is 11.0. The van der Waals surface area contributed by atoms with Crippen LogP contribution in [0.2, 0.25) is 0 Å². The molecule has 0 spiro atoms. The topological polar surface area (TPSA) is 100 Å². The van der Waals surface area contributed by atoms with Gasteiger partial charge in [0.2, 0.25) is 5.90 Å². The van der Waals surface area contributed by atoms with Crippen molar-refractivity contribution in [2.45, 2.75) is 13.5 Å². The maximum absolute atomic E-state index is 12.4. The van der Waals surface area contributed by atoms with E-state index in [0.717, 1.165) is 8.04 Å². The van der Waals surface area contributed by atoms with Gasteiger partial charge in [-0.05, 0) is 93.0 Å². The van der Waals surface area contributed by atoms with Crippen molar-refractivity contribution in [3.63, 3.8) is 0 Å². The van der Waals surface area contributed by atoms with Gasteiger partial charge in [-0.2, -0.15) is 0 Å². The number of nitro groups is 1. The average Bonchev–Trinajstić information content (AvgIpc) is 3.20. The summed E-state index contributed by atoms with van der Waals surface area (Å²) in [6.45, 7) is 2.38. The molecule has 0 bridgehead atoms. The lowest BCUT2D eigenvalue weighted by Crippen LogP contribution is -2.05. The van der Waals surface area contributed by atoms with E-state index in [1.807, 2.05) is 25.1 Å². The van der Waals surface area contributed by atoms with Crippen LogP contribution in [0.15, 0.2) is 75.8 Å². The predicted octanol–water partition coefficient (Wildman–Crippen LogP) is 6.28. The number of carbonyl (C=O) groups excluding carboxylic acids is 1. The number of non-ortho nitro benzene ring substituents is 1. The first-order valence-electron chi connectivity index (χ1n) is 10.4. The smallest absolute Gasteiger partial charge is 0.363 e. The van der Waals surface area contributed by atoms with Crippen molar-refractivity contribution in [3.05, 3.63) is 101 Å². The number of benzene rings is 3. The zero-order valence-electron chi connectivity index (χ0n) is 18.4. The van der Waals surface area contributed by atoms with E-state index in [4.69, 9.17) is 14.2 Å². The molecule has 1 heterocycles. The fraction of sp³-hybridized carbons (Fsp3) is 0.120. The van der Waals surface area contributed by atoms with Crippen LogP contribution in [0.25, 0.3) is 6.08 Å². The quantitative estimate of drug-likeness (QED) is 0.0937. The zero-order chi connectivity index (χ0) is 24.9. The molecule has 4 rings (SSSR count). The highest BCUT2D eigenvalue weighted by atomic mass is 127. The summed E-state index contributed by atoms with van der Waals surface area (Å²) in [6, 6.07) is 17.1. The van der Waals surface area contributed by atoms with E-state index in [1.165, 1.54) is 12.1 Å². The highest BCUT2D eigenvalue weighted by molar-refractivity contribution is 14.1. The Labute approximate surface area is 223 Å². The monoisotopic (exact) mass is 648 g/mol. The molecule has 3 aromatic rings. The molecule has 0 N–H and O–H groups in total. The molecule has 178 valence electrons. The van der Waals surface area contributed by atoms with Crippen LogP contribution in [0.5, 0.6) is 11.5 Å². The van der Waals surface area contributed by atoms with E-state index in [1.54, 1.807) is 36.4 Å². The van der Waals surface area contributed by atoms with Crippen LogP contribution in [-0.4, -0.2) is 23.4 Å². The maximum Gasteiger partial charge on any atom is 0.363 e. The van der Waals surface area contributed by atoms with E-state index < -0.39 is 10.9 Å². The minimum Gasteiger partial charge on any atom is -0.490 e. The number of rotatable bonds is 8. The number of aliphatic imine (C=N–C) groups is 1. The third-order valence-electron chi connectivity index (χ3n) is 4.87. The SMILES string of the molecule is CCOc1cc(/C=C2\N=C(c3ccc(I)c(Br)c3)OC2=O)ccc1OCc1cccc([N+](=O)[O-])c1. The Hall–Kier alpha value is -3.25. The number of halogens is 2. The van der Waals surface area contributed by atoms with Gasteiger partial charge in [0.05, 0.1) is 11.5 Å². The van der Waals surface area contributed by atoms with Crippen molar-refractivity contribution in [2.24, 2.45) is 4.99 Å². The van der Waals surface area contributed by atoms with Crippen LogP contribution in [0.3, 0.4) is 0 Å². The Bertz CT molecular complexity index is 1370. The molecule has 0 amide bonds. The van der Waals surface area contributed by atoms with Gasteiger partial charge in [0.15, 0.2) is 17.2 Å². The molecule has 35 heavy (non-hydrogen) atoms. The standard InChI is InChI=1S/C25H18BrIN2O6/c1-2-33-23-12-15(6-9-22(23)34-14-16-4-3-5-18(10-16)29(31)32)11-21-25(30)35-24(28-21)17-7-8-20(27)19(26)13-17/h3-13H,2,14H2,1H3/b21-11-. The summed E-state index contributed by atoms with van der Waals surface area (Å²) in [5.41, 5.74) is 2.19. The molecule has 0 unspecified atom stereocenters. The lowest BCUT2D eigenvalue weighted by atomic mass is 10.1. The van der Waals surface area contributed by atoms with Crippen molar-refractivity contribution in [1.82, 2.24) is 0 Å². The third-order valence-corrected chi connectivity index (χ3v) is 7.21. The first-order chi connectivity index (χ1) is 16.8. The van der Waals surface area contributed by atoms with E-state index in [0.29, 0.717) is 34.8 Å². The molecule has 1 aliphatic rings. The number of cyclic esters (lactones) is 1. The van der Waals surface area contributed by atoms with Gasteiger partial charge in [-0.1, -0.05) is 18.2 Å². The first-order valence-corrected chi connectivity index (χ1v) is 12.3. The fourth-order valence-corrected chi connectivity index (χ4v) is 3.96. The van der Waals surface area contributed by atoms with Crippen molar-refractivity contribution < 1.29 is 23.9 Å². The minimum atomic E-state index is -0.543. The molecule has 0 radical (unpaired) electrons. The predicted molar refractivity (Wildman–Crippen MR) is 143 cm³/mol. The molecule has 8 nitrogen and oxygen atoms in total. The molecule has 1 aliphatic heterocycles. The number of esters is 1. The Morgan fingerprint density at radius 2 is 1.94 bits per heavy atom. The van der Waals surface area contributed by atoms with Crippen LogP contribution in [-0.2, 0) is 16.1 Å². The fourth-order valence-electron chi connectivity index (χ4n) is 3.24. The number of carbonyl (C=O) groups is 1. The Morgan fingerprint density at radius 1 is 1.11 bits per heavy atom. The van der Waals surface area contributed by atoms with Gasteiger partial charge in [0, 0.05) is 25.7 Å². The Morgan fingerprint density at radius 3 is 2.69 bits per heavy atom. The second-order valence-electron chi connectivity index (χ2n) is 7.32. The minimum absolute atomic E-state index is 0.000858. The summed E-state index contributed by atoms with van der Waals surface area (Å²) in [5, 5.41) is 11.0. The number of ether oxygens (including phenoxy) is 3. The second-order valence-corrected chi connectivity index (χ2v) is 9.34. The van der Waals surface area contributed by atoms with Crippen molar-refractivity contribution >= 4 is 62.2 Å². The highest BCUT2D eigenvalue weighted by Crippen LogP contribution is 2.31. The Balaban J connectivity index is 1.55. The molecular formula is C25H18BrIN2O6. The Kier molecular flexibility index (Phi) is 7.81. The maximum atomic E-state index is 12.4. The van der Waals surface area contributed by atoms with E-state index in [2.05, 4.69) is 43.5 Å². The number of hydrogen-bond acceptors (Lipinski definition) is 7. The van der Waals surface area contributed by atoms with Crippen molar-refractivity contribution in [2.75, 3.05) is 6.61 Å². The summed E-state index contributed by atoms with van der Waals surface area (Å²) < 4.78 is 18.8. The average molecular weight is 649 g/mol. The molecule has 0 saturated carbocycles. The van der Waals surface area contributed by atoms with Gasteiger partial charge < -0.3 is 14.2 Å². The largest absolute Gasteiger partial charge is 0.490 e. The van der Waals surface area contributed by atoms with Gasteiger partial charge in [0.25, 0.3) is 5.69 Å². The molecule has 10 heteroatoms. The normalized spacial score (nSPS) is 14.0. The molecule has 0 saturated heterocycles. The van der Waals surface area contributed by atoms with Crippen LogP contribution >= 0.6 is 38.5 Å². The molecule has 0 fully saturated rings. The van der Waals surface area contributed by atoms with Crippen molar-refractivity contribution in [1.29, 1.82) is 0 Å². The van der Waals surface area contributed by atoms with Crippen LogP contribution in [0.1, 0.15) is 23.6 Å². The number of nitro benzene ring substituents is 1. The van der Waals surface area contributed by atoms with Gasteiger partial charge in [0.1, 0.15) is 6.61 Å². The van der Waals surface area contributed by atoms with Gasteiger partial charge in [-0.15, -0.1) is 0 Å². The van der Waals surface area contributed by atoms with Crippen LogP contribution < -0.4 is 9.47 Å². The summed E-state index contributed by atoms with van der Waals surface area (Å²) in [6.07, 6.45) is 1.62. The number of nitrogens with zero attached hydrogens (tertiary/aromatic N) is 2. The van der Waals surface area contributed by atoms with Gasteiger partial charge >= 0.3 is 5.97 Å². The number of hydrogen-bond donors (Lipinski definition) is 0. The molecular weight excluding hydrogens is 631 g/mol. The van der Waals surface area contributed by atoms with E-state index >= 15 is 0 Å². The van der Waals surface area contributed by atoms with Crippen LogP contribution in [0, 0.1) is 13.7 Å². The van der Waals surface area contributed by atoms with Crippen LogP contribution in [0.4, 0.5) is 5.69 Å². The lowest BCUT2D eigenvalue weighted by molar-refractivity contribution is -0.384. The molecule has 0 aliphatic carbocycles. The zero-order valence-corrected chi connectivity index (χ0v) is 22.1. The lowest BCUT2D eigenvalue weighted by Gasteiger charge is -2.13. The summed E-state index contributed by atoms with van der Waals surface area (Å²) in [4.78, 5) is 27.3. The van der Waals surface area contributed by atoms with E-state index in [-0.39, 0.29) is 23.9 Å². The summed E-state index contributed by atoms with van der Waals surface area (Å²) in [7, 11) is 0. The van der Waals surface area contributed by atoms with Gasteiger partial charge in [-0.3, -0.25) is 10.1 Å². The first kappa shape index (κ1) is 24.9. The van der Waals surface area contributed by atoms with Gasteiger partial charge in [-0.25, -0.2) is 9.79 Å². The molecule has 0 aromatic heterocycles. The summed E-state index contributed by atoms with van der Waals surface area (Å²) in [5.74, 6) is 0.644.